The Morgan fingerprint density at radius 2 is 1.55 bits per heavy atom. The molecular weight excluding hydrogens is 432 g/mol. The van der Waals surface area contributed by atoms with E-state index in [1.165, 1.54) is 19.2 Å². The Hall–Kier alpha value is -2.97. The molecule has 3 aromatic rings. The molecule has 0 unspecified atom stereocenters. The number of ether oxygens (including phenoxy) is 1. The topological polar surface area (TPSA) is 75.7 Å². The van der Waals surface area contributed by atoms with E-state index in [1.54, 1.807) is 54.2 Å². The van der Waals surface area contributed by atoms with E-state index in [-0.39, 0.29) is 17.3 Å². The highest BCUT2D eigenvalue weighted by Gasteiger charge is 2.27. The average Bonchev–Trinajstić information content (AvgIpc) is 2.81. The fourth-order valence-corrected chi connectivity index (χ4v) is 5.06. The predicted molar refractivity (Wildman–Crippen MR) is 124 cm³/mol. The second-order valence-corrected chi connectivity index (χ2v) is 9.56. The first-order valence-electron chi connectivity index (χ1n) is 9.67. The number of nitrogens with one attached hydrogen (secondary N) is 1. The predicted octanol–water partition coefficient (Wildman–Crippen LogP) is 3.80. The van der Waals surface area contributed by atoms with Gasteiger partial charge in [0.25, 0.3) is 10.0 Å². The summed E-state index contributed by atoms with van der Waals surface area (Å²) in [5.41, 5.74) is 0.423. The van der Waals surface area contributed by atoms with Crippen LogP contribution in [0.1, 0.15) is 0 Å². The van der Waals surface area contributed by atoms with Gasteiger partial charge in [0.15, 0.2) is 0 Å². The van der Waals surface area contributed by atoms with Crippen molar-refractivity contribution in [3.8, 4) is 5.75 Å². The summed E-state index contributed by atoms with van der Waals surface area (Å²) in [6.07, 6.45) is 0. The number of carbonyl (C=O) groups excluding carboxylic acids is 1. The summed E-state index contributed by atoms with van der Waals surface area (Å²) in [5.74, 6) is 0.875. The number of hydrogen-bond donors (Lipinski definition) is 1. The van der Waals surface area contributed by atoms with Crippen molar-refractivity contribution in [1.29, 1.82) is 0 Å². The Balaban J connectivity index is 1.69. The number of para-hydroxylation sites is 1. The zero-order chi connectivity index (χ0) is 22.1. The fourth-order valence-electron chi connectivity index (χ4n) is 2.85. The minimum absolute atomic E-state index is 0.0876. The Bertz CT molecular complexity index is 1070. The first-order valence-corrected chi connectivity index (χ1v) is 12.1. The minimum atomic E-state index is -3.94. The van der Waals surface area contributed by atoms with Crippen LogP contribution in [0.4, 0.5) is 5.69 Å². The van der Waals surface area contributed by atoms with E-state index in [4.69, 9.17) is 4.74 Å². The largest absolute Gasteiger partial charge is 0.497 e. The van der Waals surface area contributed by atoms with Gasteiger partial charge in [-0.05, 0) is 48.5 Å². The number of rotatable bonds is 10. The molecule has 0 atom stereocenters. The number of amides is 1. The highest BCUT2D eigenvalue weighted by Crippen LogP contribution is 2.25. The van der Waals surface area contributed by atoms with Crippen LogP contribution in [0.2, 0.25) is 0 Å². The molecule has 8 heteroatoms. The number of benzene rings is 3. The normalized spacial score (nSPS) is 11.0. The van der Waals surface area contributed by atoms with Crippen LogP contribution in [0.5, 0.6) is 5.75 Å². The monoisotopic (exact) mass is 456 g/mol. The van der Waals surface area contributed by atoms with E-state index in [2.05, 4.69) is 5.32 Å². The Kier molecular flexibility index (Phi) is 7.97. The number of thioether (sulfide) groups is 1. The first kappa shape index (κ1) is 22.7. The van der Waals surface area contributed by atoms with E-state index in [0.29, 0.717) is 23.7 Å². The molecule has 1 amide bonds. The molecule has 31 heavy (non-hydrogen) atoms. The third kappa shape index (κ3) is 6.26. The number of hydrogen-bond acceptors (Lipinski definition) is 5. The van der Waals surface area contributed by atoms with Crippen LogP contribution >= 0.6 is 11.8 Å². The minimum Gasteiger partial charge on any atom is -0.497 e. The Morgan fingerprint density at radius 3 is 2.16 bits per heavy atom. The number of carbonyl (C=O) groups is 1. The molecule has 1 N–H and O–H groups in total. The summed E-state index contributed by atoms with van der Waals surface area (Å²) in [6.45, 7) is 0.123. The molecule has 0 aliphatic carbocycles. The van der Waals surface area contributed by atoms with Gasteiger partial charge in [0.1, 0.15) is 12.3 Å². The van der Waals surface area contributed by atoms with Crippen LogP contribution in [-0.4, -0.2) is 40.3 Å². The van der Waals surface area contributed by atoms with Crippen LogP contribution in [0.25, 0.3) is 0 Å². The van der Waals surface area contributed by atoms with Gasteiger partial charge in [0, 0.05) is 17.2 Å². The van der Waals surface area contributed by atoms with Gasteiger partial charge in [-0.25, -0.2) is 8.42 Å². The Morgan fingerprint density at radius 1 is 0.935 bits per heavy atom. The highest BCUT2D eigenvalue weighted by molar-refractivity contribution is 7.99. The summed E-state index contributed by atoms with van der Waals surface area (Å²) >= 11 is 1.63. The molecule has 0 bridgehead atoms. The summed E-state index contributed by atoms with van der Waals surface area (Å²) in [5, 5.41) is 2.81. The maximum Gasteiger partial charge on any atom is 0.264 e. The molecule has 0 saturated carbocycles. The lowest BCUT2D eigenvalue weighted by atomic mass is 10.3. The Labute approximate surface area is 187 Å². The molecule has 0 fully saturated rings. The molecule has 0 heterocycles. The highest BCUT2D eigenvalue weighted by atomic mass is 32.2. The molecule has 162 valence electrons. The summed E-state index contributed by atoms with van der Waals surface area (Å²) < 4.78 is 32.8. The summed E-state index contributed by atoms with van der Waals surface area (Å²) in [7, 11) is -2.42. The lowest BCUT2D eigenvalue weighted by molar-refractivity contribution is -0.119. The molecule has 3 aromatic carbocycles. The van der Waals surface area contributed by atoms with Gasteiger partial charge in [-0.15, -0.1) is 11.8 Å². The maximum atomic E-state index is 13.3. The van der Waals surface area contributed by atoms with Crippen LogP contribution in [0.15, 0.2) is 94.7 Å². The lowest BCUT2D eigenvalue weighted by Crippen LogP contribution is -2.41. The van der Waals surface area contributed by atoms with Crippen molar-refractivity contribution < 1.29 is 17.9 Å². The zero-order valence-corrected chi connectivity index (χ0v) is 18.7. The van der Waals surface area contributed by atoms with Gasteiger partial charge >= 0.3 is 0 Å². The van der Waals surface area contributed by atoms with Gasteiger partial charge in [0.05, 0.1) is 17.7 Å². The molecular formula is C23H24N2O4S2. The molecule has 6 nitrogen and oxygen atoms in total. The average molecular weight is 457 g/mol. The van der Waals surface area contributed by atoms with Gasteiger partial charge < -0.3 is 10.1 Å². The van der Waals surface area contributed by atoms with Crippen molar-refractivity contribution in [2.45, 2.75) is 9.79 Å². The molecule has 0 saturated heterocycles. The fraction of sp³-hybridized carbons (Fsp3) is 0.174. The van der Waals surface area contributed by atoms with Crippen LogP contribution in [-0.2, 0) is 14.8 Å². The number of sulfonamides is 1. The quantitative estimate of drug-likeness (QED) is 0.371. The SMILES string of the molecule is COc1ccc(S(=O)(=O)N(CC(=O)NCCSc2ccccc2)c2ccccc2)cc1. The van der Waals surface area contributed by atoms with Crippen molar-refractivity contribution in [2.24, 2.45) is 0 Å². The van der Waals surface area contributed by atoms with Crippen molar-refractivity contribution >= 4 is 33.4 Å². The molecule has 0 radical (unpaired) electrons. The molecule has 3 rings (SSSR count). The molecule has 0 spiro atoms. The van der Waals surface area contributed by atoms with E-state index in [0.717, 1.165) is 9.20 Å². The third-order valence-electron chi connectivity index (χ3n) is 4.41. The van der Waals surface area contributed by atoms with E-state index < -0.39 is 10.0 Å². The first-order chi connectivity index (χ1) is 15.0. The van der Waals surface area contributed by atoms with Gasteiger partial charge in [-0.1, -0.05) is 36.4 Å². The van der Waals surface area contributed by atoms with Crippen molar-refractivity contribution in [2.75, 3.05) is 30.3 Å². The second kappa shape index (κ2) is 10.9. The summed E-state index contributed by atoms with van der Waals surface area (Å²) in [6, 6.07) is 24.6. The maximum absolute atomic E-state index is 13.3. The van der Waals surface area contributed by atoms with Crippen molar-refractivity contribution in [1.82, 2.24) is 5.32 Å². The van der Waals surface area contributed by atoms with Gasteiger partial charge in [0.2, 0.25) is 5.91 Å². The zero-order valence-electron chi connectivity index (χ0n) is 17.1. The van der Waals surface area contributed by atoms with Gasteiger partial charge in [-0.3, -0.25) is 9.10 Å². The van der Waals surface area contributed by atoms with Crippen LogP contribution < -0.4 is 14.4 Å². The van der Waals surface area contributed by atoms with Crippen LogP contribution in [0.3, 0.4) is 0 Å². The number of methoxy groups -OCH3 is 1. The van der Waals surface area contributed by atoms with Crippen molar-refractivity contribution in [3.63, 3.8) is 0 Å². The van der Waals surface area contributed by atoms with Gasteiger partial charge in [-0.2, -0.15) is 0 Å². The smallest absolute Gasteiger partial charge is 0.264 e. The van der Waals surface area contributed by atoms with E-state index in [1.807, 2.05) is 30.3 Å². The number of nitrogens with zero attached hydrogens (tertiary/aromatic N) is 1. The number of anilines is 1. The lowest BCUT2D eigenvalue weighted by Gasteiger charge is -2.24. The molecule has 0 aliphatic rings. The standard InChI is InChI=1S/C23H24N2O4S2/c1-29-20-12-14-22(15-13-20)31(27,28)25(19-8-4-2-5-9-19)18-23(26)24-16-17-30-21-10-6-3-7-11-21/h2-15H,16-18H2,1H3,(H,24,26). The van der Waals surface area contributed by atoms with E-state index in [9.17, 15) is 13.2 Å². The molecule has 0 aliphatic heterocycles. The third-order valence-corrected chi connectivity index (χ3v) is 7.22. The summed E-state index contributed by atoms with van der Waals surface area (Å²) in [4.78, 5) is 13.8. The van der Waals surface area contributed by atoms with E-state index >= 15 is 0 Å². The van der Waals surface area contributed by atoms with Crippen molar-refractivity contribution in [3.05, 3.63) is 84.9 Å². The second-order valence-electron chi connectivity index (χ2n) is 6.53. The molecule has 0 aromatic heterocycles. The van der Waals surface area contributed by atoms with Crippen LogP contribution in [0, 0.1) is 0 Å².